The van der Waals surface area contributed by atoms with Gasteiger partial charge in [0.25, 0.3) is 0 Å². The number of rotatable bonds is 3. The van der Waals surface area contributed by atoms with Crippen LogP contribution in [-0.2, 0) is 9.57 Å². The third kappa shape index (κ3) is 1.94. The molecule has 0 radical (unpaired) electrons. The lowest BCUT2D eigenvalue weighted by Gasteiger charge is -2.16. The summed E-state index contributed by atoms with van der Waals surface area (Å²) in [5, 5.41) is 0. The Morgan fingerprint density at radius 1 is 1.70 bits per heavy atom. The minimum Gasteiger partial charge on any atom is -0.381 e. The Balaban J connectivity index is 2.18. The van der Waals surface area contributed by atoms with Gasteiger partial charge >= 0.3 is 0 Å². The van der Waals surface area contributed by atoms with E-state index in [1.807, 2.05) is 0 Å². The van der Waals surface area contributed by atoms with E-state index in [9.17, 15) is 0 Å². The summed E-state index contributed by atoms with van der Waals surface area (Å²) in [6.07, 6.45) is 1.15. The third-order valence-corrected chi connectivity index (χ3v) is 1.98. The molecule has 1 aliphatic rings. The van der Waals surface area contributed by atoms with Gasteiger partial charge in [0.2, 0.25) is 0 Å². The zero-order valence-corrected chi connectivity index (χ0v) is 6.59. The quantitative estimate of drug-likeness (QED) is 0.589. The van der Waals surface area contributed by atoms with Gasteiger partial charge in [0.1, 0.15) is 0 Å². The molecule has 0 bridgehead atoms. The van der Waals surface area contributed by atoms with E-state index in [0.29, 0.717) is 12.0 Å². The van der Waals surface area contributed by atoms with E-state index in [4.69, 9.17) is 9.57 Å². The molecule has 1 N–H and O–H groups in total. The molecule has 0 aromatic carbocycles. The molecule has 10 heavy (non-hydrogen) atoms. The Morgan fingerprint density at radius 2 is 2.50 bits per heavy atom. The van der Waals surface area contributed by atoms with Crippen molar-refractivity contribution in [2.45, 2.75) is 19.4 Å². The Hall–Kier alpha value is -0.120. The first kappa shape index (κ1) is 7.98. The first-order chi connectivity index (χ1) is 4.84. The van der Waals surface area contributed by atoms with Crippen LogP contribution in [0.25, 0.3) is 0 Å². The number of hydroxylamine groups is 1. The zero-order valence-electron chi connectivity index (χ0n) is 6.59. The SMILES string of the molecule is CONC(C)C1CCOC1. The van der Waals surface area contributed by atoms with Crippen LogP contribution >= 0.6 is 0 Å². The predicted octanol–water partition coefficient (Wildman–Crippen LogP) is 0.562. The molecule has 0 saturated carbocycles. The summed E-state index contributed by atoms with van der Waals surface area (Å²) in [7, 11) is 1.65. The van der Waals surface area contributed by atoms with Crippen molar-refractivity contribution in [1.82, 2.24) is 5.48 Å². The molecule has 0 amide bonds. The summed E-state index contributed by atoms with van der Waals surface area (Å²) >= 11 is 0. The van der Waals surface area contributed by atoms with Crippen LogP contribution in [0.15, 0.2) is 0 Å². The molecule has 0 aliphatic carbocycles. The molecule has 0 spiro atoms. The normalized spacial score (nSPS) is 28.8. The smallest absolute Gasteiger partial charge is 0.0572 e. The minimum absolute atomic E-state index is 0.410. The maximum atomic E-state index is 5.23. The molecule has 1 saturated heterocycles. The molecule has 1 heterocycles. The van der Waals surface area contributed by atoms with Gasteiger partial charge in [-0.25, -0.2) is 0 Å². The van der Waals surface area contributed by atoms with Gasteiger partial charge in [-0.1, -0.05) is 0 Å². The van der Waals surface area contributed by atoms with Crippen LogP contribution < -0.4 is 5.48 Å². The van der Waals surface area contributed by atoms with Crippen LogP contribution in [0.3, 0.4) is 0 Å². The van der Waals surface area contributed by atoms with Gasteiger partial charge in [0.15, 0.2) is 0 Å². The van der Waals surface area contributed by atoms with E-state index < -0.39 is 0 Å². The molecular formula is C7H15NO2. The second kappa shape index (κ2) is 3.91. The van der Waals surface area contributed by atoms with Gasteiger partial charge in [-0.3, -0.25) is 0 Å². The Labute approximate surface area is 61.7 Å². The van der Waals surface area contributed by atoms with E-state index in [1.165, 1.54) is 0 Å². The van der Waals surface area contributed by atoms with Crippen molar-refractivity contribution in [3.8, 4) is 0 Å². The summed E-state index contributed by atoms with van der Waals surface area (Å²) in [6.45, 7) is 3.89. The van der Waals surface area contributed by atoms with Gasteiger partial charge < -0.3 is 9.57 Å². The minimum atomic E-state index is 0.410. The molecule has 3 nitrogen and oxygen atoms in total. The molecular weight excluding hydrogens is 130 g/mol. The lowest BCUT2D eigenvalue weighted by atomic mass is 10.0. The lowest BCUT2D eigenvalue weighted by molar-refractivity contribution is 0.0444. The fraction of sp³-hybridized carbons (Fsp3) is 1.00. The van der Waals surface area contributed by atoms with Crippen LogP contribution in [0, 0.1) is 5.92 Å². The fourth-order valence-corrected chi connectivity index (χ4v) is 1.23. The van der Waals surface area contributed by atoms with E-state index >= 15 is 0 Å². The Bertz CT molecular complexity index is 91.6. The number of hydrogen-bond acceptors (Lipinski definition) is 3. The Kier molecular flexibility index (Phi) is 3.12. The highest BCUT2D eigenvalue weighted by Gasteiger charge is 2.21. The molecule has 1 rings (SSSR count). The van der Waals surface area contributed by atoms with Crippen LogP contribution in [-0.4, -0.2) is 26.4 Å². The van der Waals surface area contributed by atoms with Gasteiger partial charge in [-0.05, 0) is 13.3 Å². The summed E-state index contributed by atoms with van der Waals surface area (Å²) < 4.78 is 5.23. The highest BCUT2D eigenvalue weighted by Crippen LogP contribution is 2.15. The third-order valence-electron chi connectivity index (χ3n) is 1.98. The van der Waals surface area contributed by atoms with E-state index in [0.717, 1.165) is 19.6 Å². The molecule has 2 unspecified atom stereocenters. The van der Waals surface area contributed by atoms with Crippen molar-refractivity contribution in [3.63, 3.8) is 0 Å². The van der Waals surface area contributed by atoms with Gasteiger partial charge in [0.05, 0.1) is 13.7 Å². The zero-order chi connectivity index (χ0) is 7.40. The molecule has 60 valence electrons. The first-order valence-electron chi connectivity index (χ1n) is 3.71. The first-order valence-corrected chi connectivity index (χ1v) is 3.71. The lowest BCUT2D eigenvalue weighted by Crippen LogP contribution is -2.32. The largest absolute Gasteiger partial charge is 0.381 e. The average Bonchev–Trinajstić information content (AvgIpc) is 2.38. The van der Waals surface area contributed by atoms with Crippen molar-refractivity contribution >= 4 is 0 Å². The van der Waals surface area contributed by atoms with Gasteiger partial charge in [-0.15, -0.1) is 0 Å². The summed E-state index contributed by atoms with van der Waals surface area (Å²) in [4.78, 5) is 4.81. The van der Waals surface area contributed by atoms with Crippen LogP contribution in [0.2, 0.25) is 0 Å². The summed E-state index contributed by atoms with van der Waals surface area (Å²) in [5.74, 6) is 0.625. The van der Waals surface area contributed by atoms with E-state index in [-0.39, 0.29) is 0 Å². The van der Waals surface area contributed by atoms with Crippen LogP contribution in [0.4, 0.5) is 0 Å². The van der Waals surface area contributed by atoms with Crippen LogP contribution in [0.5, 0.6) is 0 Å². The predicted molar refractivity (Wildman–Crippen MR) is 38.5 cm³/mol. The average molecular weight is 145 g/mol. The van der Waals surface area contributed by atoms with E-state index in [2.05, 4.69) is 12.4 Å². The second-order valence-electron chi connectivity index (χ2n) is 2.73. The number of ether oxygens (including phenoxy) is 1. The topological polar surface area (TPSA) is 30.5 Å². The molecule has 0 aromatic heterocycles. The maximum Gasteiger partial charge on any atom is 0.0572 e. The molecule has 0 aromatic rings. The molecule has 3 heteroatoms. The van der Waals surface area contributed by atoms with Crippen molar-refractivity contribution < 1.29 is 9.57 Å². The van der Waals surface area contributed by atoms with Crippen molar-refractivity contribution in [2.24, 2.45) is 5.92 Å². The van der Waals surface area contributed by atoms with Gasteiger partial charge in [-0.2, -0.15) is 5.48 Å². The fourth-order valence-electron chi connectivity index (χ4n) is 1.23. The molecule has 2 atom stereocenters. The highest BCUT2D eigenvalue weighted by molar-refractivity contribution is 4.72. The van der Waals surface area contributed by atoms with E-state index in [1.54, 1.807) is 7.11 Å². The standard InChI is InChI=1S/C7H15NO2/c1-6(8-9-2)7-3-4-10-5-7/h6-8H,3-5H2,1-2H3. The van der Waals surface area contributed by atoms with Crippen LogP contribution in [0.1, 0.15) is 13.3 Å². The summed E-state index contributed by atoms with van der Waals surface area (Å²) in [5.41, 5.74) is 2.91. The monoisotopic (exact) mass is 145 g/mol. The van der Waals surface area contributed by atoms with Crippen molar-refractivity contribution in [2.75, 3.05) is 20.3 Å². The Morgan fingerprint density at radius 3 is 3.00 bits per heavy atom. The number of nitrogens with one attached hydrogen (secondary N) is 1. The van der Waals surface area contributed by atoms with Crippen molar-refractivity contribution in [3.05, 3.63) is 0 Å². The van der Waals surface area contributed by atoms with Gasteiger partial charge in [0, 0.05) is 18.6 Å². The molecule has 1 fully saturated rings. The highest BCUT2D eigenvalue weighted by atomic mass is 16.6. The maximum absolute atomic E-state index is 5.23. The molecule has 1 aliphatic heterocycles. The van der Waals surface area contributed by atoms with Crippen molar-refractivity contribution in [1.29, 1.82) is 0 Å². The number of hydrogen-bond donors (Lipinski definition) is 1. The summed E-state index contributed by atoms with van der Waals surface area (Å²) in [6, 6.07) is 0.410. The second-order valence-corrected chi connectivity index (χ2v) is 2.73.